The van der Waals surface area contributed by atoms with Crippen molar-refractivity contribution in [3.63, 3.8) is 0 Å². The molecule has 5 heteroatoms. The van der Waals surface area contributed by atoms with E-state index in [4.69, 9.17) is 9.84 Å². The average Bonchev–Trinajstić information content (AvgIpc) is 2.35. The molecule has 0 saturated heterocycles. The molecule has 1 aromatic rings. The molecule has 2 N–H and O–H groups in total. The molecule has 0 radical (unpaired) electrons. The van der Waals surface area contributed by atoms with Gasteiger partial charge in [0.1, 0.15) is 12.2 Å². The fraction of sp³-hybridized carbons (Fsp3) is 0.385. The number of aliphatic carboxylic acids is 1. The summed E-state index contributed by atoms with van der Waals surface area (Å²) in [6.45, 7) is 1.91. The molecule has 1 unspecified atom stereocenters. The Morgan fingerprint density at radius 3 is 2.61 bits per heavy atom. The maximum absolute atomic E-state index is 11.5. The minimum atomic E-state index is -1.14. The number of hydrogen-bond donors (Lipinski definition) is 2. The summed E-state index contributed by atoms with van der Waals surface area (Å²) < 4.78 is 5.22. The largest absolute Gasteiger partial charge is 0.496 e. The molecule has 5 nitrogen and oxygen atoms in total. The number of benzene rings is 1. The molecule has 98 valence electrons. The number of carboxylic acid groups (broad SMARTS) is 1. The van der Waals surface area contributed by atoms with Crippen molar-refractivity contribution < 1.29 is 19.4 Å². The van der Waals surface area contributed by atoms with Gasteiger partial charge in [0.05, 0.1) is 13.2 Å². The van der Waals surface area contributed by atoms with Crippen LogP contribution in [0.3, 0.4) is 0 Å². The van der Waals surface area contributed by atoms with E-state index in [1.807, 2.05) is 25.1 Å². The summed E-state index contributed by atoms with van der Waals surface area (Å²) in [7, 11) is 1.56. The second-order valence-electron chi connectivity index (χ2n) is 3.84. The van der Waals surface area contributed by atoms with Gasteiger partial charge in [-0.1, -0.05) is 25.1 Å². The van der Waals surface area contributed by atoms with Crippen molar-refractivity contribution in [2.45, 2.75) is 25.8 Å². The van der Waals surface area contributed by atoms with E-state index < -0.39 is 18.3 Å². The van der Waals surface area contributed by atoms with Crippen molar-refractivity contribution in [1.29, 1.82) is 0 Å². The van der Waals surface area contributed by atoms with E-state index in [2.05, 4.69) is 5.32 Å². The number of hydrogen-bond acceptors (Lipinski definition) is 3. The summed E-state index contributed by atoms with van der Waals surface area (Å²) in [6, 6.07) is 7.11. The van der Waals surface area contributed by atoms with Crippen LogP contribution in [0.1, 0.15) is 31.4 Å². The fourth-order valence-electron chi connectivity index (χ4n) is 1.74. The number of methoxy groups -OCH3 is 1. The number of carbonyl (C=O) groups is 2. The highest BCUT2D eigenvalue weighted by Gasteiger charge is 2.17. The van der Waals surface area contributed by atoms with Crippen LogP contribution in [0.2, 0.25) is 0 Å². The summed E-state index contributed by atoms with van der Waals surface area (Å²) in [5.41, 5.74) is 0.848. The number of nitrogens with one attached hydrogen (secondary N) is 1. The number of ether oxygens (including phenoxy) is 1. The van der Waals surface area contributed by atoms with E-state index in [1.54, 1.807) is 13.2 Å². The van der Waals surface area contributed by atoms with Crippen LogP contribution < -0.4 is 10.1 Å². The summed E-state index contributed by atoms with van der Waals surface area (Å²) in [4.78, 5) is 21.9. The highest BCUT2D eigenvalue weighted by Crippen LogP contribution is 2.26. The minimum Gasteiger partial charge on any atom is -0.496 e. The minimum absolute atomic E-state index is 0.243. The van der Waals surface area contributed by atoms with E-state index in [9.17, 15) is 9.59 Å². The molecule has 0 aliphatic carbocycles. The third-order valence-electron chi connectivity index (χ3n) is 2.57. The molecule has 0 aliphatic heterocycles. The Labute approximate surface area is 106 Å². The predicted molar refractivity (Wildman–Crippen MR) is 66.4 cm³/mol. The van der Waals surface area contributed by atoms with Gasteiger partial charge in [0.2, 0.25) is 5.91 Å². The second-order valence-corrected chi connectivity index (χ2v) is 3.84. The Morgan fingerprint density at radius 1 is 1.39 bits per heavy atom. The maximum atomic E-state index is 11.5. The van der Waals surface area contributed by atoms with Crippen molar-refractivity contribution in [1.82, 2.24) is 5.32 Å². The average molecular weight is 251 g/mol. The van der Waals surface area contributed by atoms with Crippen molar-refractivity contribution in [3.05, 3.63) is 29.8 Å². The molecule has 18 heavy (non-hydrogen) atoms. The molecule has 1 aromatic carbocycles. The summed E-state index contributed by atoms with van der Waals surface area (Å²) in [6.07, 6.45) is 0.136. The van der Waals surface area contributed by atoms with Gasteiger partial charge in [-0.05, 0) is 12.5 Å². The summed E-state index contributed by atoms with van der Waals surface area (Å²) >= 11 is 0. The first-order valence-electron chi connectivity index (χ1n) is 5.72. The second kappa shape index (κ2) is 6.64. The standard InChI is InChI=1S/C13H17NO4/c1-3-10(14-12(15)8-13(16)17)9-6-4-5-7-11(9)18-2/h4-7,10H,3,8H2,1-2H3,(H,14,15)(H,16,17). The van der Waals surface area contributed by atoms with Crippen LogP contribution >= 0.6 is 0 Å². The number of amides is 1. The smallest absolute Gasteiger partial charge is 0.312 e. The Kier molecular flexibility index (Phi) is 5.17. The van der Waals surface area contributed by atoms with Gasteiger partial charge in [-0.2, -0.15) is 0 Å². The van der Waals surface area contributed by atoms with Crippen LogP contribution in [0.15, 0.2) is 24.3 Å². The van der Waals surface area contributed by atoms with Crippen molar-refractivity contribution in [2.24, 2.45) is 0 Å². The zero-order valence-electron chi connectivity index (χ0n) is 10.5. The maximum Gasteiger partial charge on any atom is 0.312 e. The lowest BCUT2D eigenvalue weighted by molar-refractivity contribution is -0.140. The lowest BCUT2D eigenvalue weighted by Gasteiger charge is -2.19. The molecule has 0 saturated carbocycles. The summed E-state index contributed by atoms with van der Waals surface area (Å²) in [5, 5.41) is 11.2. The molecular weight excluding hydrogens is 234 g/mol. The zero-order chi connectivity index (χ0) is 13.5. The van der Waals surface area contributed by atoms with Crippen LogP contribution in [0.4, 0.5) is 0 Å². The van der Waals surface area contributed by atoms with Gasteiger partial charge in [0, 0.05) is 5.56 Å². The van der Waals surface area contributed by atoms with E-state index >= 15 is 0 Å². The van der Waals surface area contributed by atoms with Crippen LogP contribution in [0.5, 0.6) is 5.75 Å². The van der Waals surface area contributed by atoms with Crippen LogP contribution in [-0.4, -0.2) is 24.1 Å². The van der Waals surface area contributed by atoms with E-state index in [0.29, 0.717) is 12.2 Å². The van der Waals surface area contributed by atoms with Gasteiger partial charge in [-0.25, -0.2) is 0 Å². The number of carbonyl (C=O) groups excluding carboxylic acids is 1. The molecular formula is C13H17NO4. The van der Waals surface area contributed by atoms with Gasteiger partial charge in [-0.15, -0.1) is 0 Å². The first-order valence-corrected chi connectivity index (χ1v) is 5.72. The fourth-order valence-corrected chi connectivity index (χ4v) is 1.74. The molecule has 1 rings (SSSR count). The van der Waals surface area contributed by atoms with Crippen LogP contribution in [-0.2, 0) is 9.59 Å². The van der Waals surface area contributed by atoms with Crippen molar-refractivity contribution in [2.75, 3.05) is 7.11 Å². The lowest BCUT2D eigenvalue weighted by atomic mass is 10.0. The quantitative estimate of drug-likeness (QED) is 0.755. The first-order chi connectivity index (χ1) is 8.58. The number of carboxylic acids is 1. The topological polar surface area (TPSA) is 75.6 Å². The lowest BCUT2D eigenvalue weighted by Crippen LogP contribution is -2.30. The van der Waals surface area contributed by atoms with Gasteiger partial charge in [-0.3, -0.25) is 9.59 Å². The zero-order valence-corrected chi connectivity index (χ0v) is 10.5. The van der Waals surface area contributed by atoms with E-state index in [1.165, 1.54) is 0 Å². The van der Waals surface area contributed by atoms with Crippen molar-refractivity contribution >= 4 is 11.9 Å². The van der Waals surface area contributed by atoms with Crippen LogP contribution in [0, 0.1) is 0 Å². The number of rotatable bonds is 6. The van der Waals surface area contributed by atoms with Crippen LogP contribution in [0.25, 0.3) is 0 Å². The third-order valence-corrected chi connectivity index (χ3v) is 2.57. The van der Waals surface area contributed by atoms with Gasteiger partial charge in [0.15, 0.2) is 0 Å². The monoisotopic (exact) mass is 251 g/mol. The van der Waals surface area contributed by atoms with Gasteiger partial charge < -0.3 is 15.2 Å². The summed E-state index contributed by atoms with van der Waals surface area (Å²) in [5.74, 6) is -0.956. The van der Waals surface area contributed by atoms with Crippen molar-refractivity contribution in [3.8, 4) is 5.75 Å². The Morgan fingerprint density at radius 2 is 2.06 bits per heavy atom. The highest BCUT2D eigenvalue weighted by molar-refractivity contribution is 5.93. The van der Waals surface area contributed by atoms with Gasteiger partial charge in [0.25, 0.3) is 0 Å². The van der Waals surface area contributed by atoms with E-state index in [-0.39, 0.29) is 6.04 Å². The van der Waals surface area contributed by atoms with Gasteiger partial charge >= 0.3 is 5.97 Å². The molecule has 0 spiro atoms. The molecule has 0 bridgehead atoms. The number of para-hydroxylation sites is 1. The highest BCUT2D eigenvalue weighted by atomic mass is 16.5. The molecule has 0 aromatic heterocycles. The predicted octanol–water partition coefficient (Wildman–Crippen LogP) is 1.74. The van der Waals surface area contributed by atoms with E-state index in [0.717, 1.165) is 5.56 Å². The molecule has 0 fully saturated rings. The first kappa shape index (κ1) is 14.0. The Balaban J connectivity index is 2.82. The third kappa shape index (κ3) is 3.76. The molecule has 0 aliphatic rings. The Hall–Kier alpha value is -2.04. The molecule has 0 heterocycles. The molecule has 1 atom stereocenters. The Bertz CT molecular complexity index is 431. The SMILES string of the molecule is CCC(NC(=O)CC(=O)O)c1ccccc1OC. The normalized spacial score (nSPS) is 11.7. The molecule has 1 amide bonds.